The molecule has 3 saturated heterocycles. The number of aromatic nitrogens is 1. The Kier molecular flexibility index (Phi) is 5.08. The summed E-state index contributed by atoms with van der Waals surface area (Å²) in [7, 11) is 0. The van der Waals surface area contributed by atoms with Gasteiger partial charge in [0.2, 0.25) is 0 Å². The average Bonchev–Trinajstić information content (AvgIpc) is 3.24. The van der Waals surface area contributed by atoms with Crippen LogP contribution in [0.25, 0.3) is 0 Å². The molecule has 0 aromatic carbocycles. The van der Waals surface area contributed by atoms with Crippen molar-refractivity contribution in [2.24, 2.45) is 0 Å². The van der Waals surface area contributed by atoms with Crippen LogP contribution in [0.2, 0.25) is 0 Å². The minimum atomic E-state index is -0.365. The monoisotopic (exact) mass is 349 g/mol. The fourth-order valence-corrected chi connectivity index (χ4v) is 4.03. The van der Waals surface area contributed by atoms with Crippen molar-refractivity contribution in [3.63, 3.8) is 0 Å². The van der Waals surface area contributed by atoms with Gasteiger partial charge in [-0.05, 0) is 25.0 Å². The molecule has 4 heterocycles. The van der Waals surface area contributed by atoms with E-state index >= 15 is 0 Å². The number of H-pyrrole nitrogens is 1. The Morgan fingerprint density at radius 2 is 2.08 bits per heavy atom. The molecule has 25 heavy (non-hydrogen) atoms. The summed E-state index contributed by atoms with van der Waals surface area (Å²) in [6.45, 7) is 6.84. The zero-order valence-corrected chi connectivity index (χ0v) is 14.6. The Labute approximate surface area is 148 Å². The van der Waals surface area contributed by atoms with Gasteiger partial charge >= 0.3 is 0 Å². The van der Waals surface area contributed by atoms with Gasteiger partial charge in [0, 0.05) is 32.4 Å². The van der Waals surface area contributed by atoms with Crippen molar-refractivity contribution in [3.8, 4) is 0 Å². The molecule has 4 rings (SSSR count). The summed E-state index contributed by atoms with van der Waals surface area (Å²) in [5.74, 6) is 0.0232. The number of aromatic amines is 1. The standard InChI is InChI=1S/C18H27N3O4/c22-17(16-2-1-5-19-16)21-8-11-24-14-18(13-21)4-3-15(25-18)12-20-6-9-23-10-7-20/h1-2,5,15,19H,3-4,6-14H2/t15-,18-/m1/s1. The third kappa shape index (κ3) is 3.89. The lowest BCUT2D eigenvalue weighted by atomic mass is 10.00. The van der Waals surface area contributed by atoms with Crippen molar-refractivity contribution < 1.29 is 19.0 Å². The average molecular weight is 349 g/mol. The number of carbonyl (C=O) groups excluding carboxylic acids is 1. The minimum Gasteiger partial charge on any atom is -0.379 e. The van der Waals surface area contributed by atoms with E-state index in [2.05, 4.69) is 9.88 Å². The maximum Gasteiger partial charge on any atom is 0.270 e. The summed E-state index contributed by atoms with van der Waals surface area (Å²) in [4.78, 5) is 20.0. The number of hydrogen-bond donors (Lipinski definition) is 1. The highest BCUT2D eigenvalue weighted by molar-refractivity contribution is 5.92. The van der Waals surface area contributed by atoms with E-state index in [9.17, 15) is 4.79 Å². The van der Waals surface area contributed by atoms with Gasteiger partial charge in [-0.15, -0.1) is 0 Å². The van der Waals surface area contributed by atoms with Crippen LogP contribution in [0.1, 0.15) is 23.3 Å². The molecule has 7 nitrogen and oxygen atoms in total. The molecule has 0 bridgehead atoms. The molecule has 1 aromatic rings. The number of nitrogens with one attached hydrogen (secondary N) is 1. The Balaban J connectivity index is 1.39. The number of hydrogen-bond acceptors (Lipinski definition) is 5. The molecular weight excluding hydrogens is 322 g/mol. The van der Waals surface area contributed by atoms with Crippen LogP contribution in [0, 0.1) is 0 Å². The van der Waals surface area contributed by atoms with Crippen LogP contribution in [0.3, 0.4) is 0 Å². The van der Waals surface area contributed by atoms with Crippen molar-refractivity contribution in [1.29, 1.82) is 0 Å². The molecule has 0 saturated carbocycles. The molecule has 7 heteroatoms. The fourth-order valence-electron chi connectivity index (χ4n) is 4.03. The summed E-state index contributed by atoms with van der Waals surface area (Å²) >= 11 is 0. The van der Waals surface area contributed by atoms with Crippen LogP contribution < -0.4 is 0 Å². The van der Waals surface area contributed by atoms with Crippen LogP contribution in [-0.2, 0) is 14.2 Å². The van der Waals surface area contributed by atoms with E-state index in [0.29, 0.717) is 32.0 Å². The van der Waals surface area contributed by atoms with E-state index in [1.807, 2.05) is 17.0 Å². The van der Waals surface area contributed by atoms with Gasteiger partial charge < -0.3 is 24.1 Å². The second kappa shape index (κ2) is 7.45. The topological polar surface area (TPSA) is 67.0 Å². The fraction of sp³-hybridized carbons (Fsp3) is 0.722. The second-order valence-electron chi connectivity index (χ2n) is 7.24. The highest BCUT2D eigenvalue weighted by Crippen LogP contribution is 2.33. The van der Waals surface area contributed by atoms with Crippen molar-refractivity contribution in [1.82, 2.24) is 14.8 Å². The van der Waals surface area contributed by atoms with E-state index < -0.39 is 0 Å². The highest BCUT2D eigenvalue weighted by atomic mass is 16.6. The molecule has 3 fully saturated rings. The number of carbonyl (C=O) groups is 1. The van der Waals surface area contributed by atoms with E-state index in [1.165, 1.54) is 0 Å². The smallest absolute Gasteiger partial charge is 0.270 e. The zero-order chi connectivity index (χ0) is 17.1. The van der Waals surface area contributed by atoms with Crippen LogP contribution >= 0.6 is 0 Å². The number of amides is 1. The second-order valence-corrected chi connectivity index (χ2v) is 7.24. The Morgan fingerprint density at radius 1 is 1.24 bits per heavy atom. The molecule has 2 atom stereocenters. The molecule has 138 valence electrons. The summed E-state index contributed by atoms with van der Waals surface area (Å²) in [6.07, 6.45) is 3.95. The van der Waals surface area contributed by atoms with Gasteiger partial charge in [-0.2, -0.15) is 0 Å². The molecular formula is C18H27N3O4. The molecule has 1 N–H and O–H groups in total. The predicted molar refractivity (Wildman–Crippen MR) is 91.6 cm³/mol. The lowest BCUT2D eigenvalue weighted by molar-refractivity contribution is -0.0945. The van der Waals surface area contributed by atoms with Gasteiger partial charge in [0.15, 0.2) is 0 Å². The molecule has 0 aliphatic carbocycles. The predicted octanol–water partition coefficient (Wildman–Crippen LogP) is 0.737. The quantitative estimate of drug-likeness (QED) is 0.872. The largest absolute Gasteiger partial charge is 0.379 e. The van der Waals surface area contributed by atoms with Crippen LogP contribution in [0.5, 0.6) is 0 Å². The first-order valence-electron chi connectivity index (χ1n) is 9.22. The SMILES string of the molecule is O=C(c1ccc[nH]1)N1CCOC[C@@]2(CC[C@H](CN3CCOCC3)O2)C1. The van der Waals surface area contributed by atoms with Crippen LogP contribution in [0.4, 0.5) is 0 Å². The lowest BCUT2D eigenvalue weighted by Gasteiger charge is -2.33. The molecule has 1 spiro atoms. The van der Waals surface area contributed by atoms with Crippen molar-refractivity contribution in [2.75, 3.05) is 59.2 Å². The van der Waals surface area contributed by atoms with Crippen LogP contribution in [-0.4, -0.2) is 91.5 Å². The zero-order valence-electron chi connectivity index (χ0n) is 14.6. The molecule has 3 aliphatic heterocycles. The summed E-state index contributed by atoms with van der Waals surface area (Å²) in [5.41, 5.74) is 0.260. The van der Waals surface area contributed by atoms with E-state index in [0.717, 1.165) is 45.7 Å². The first kappa shape index (κ1) is 17.0. The van der Waals surface area contributed by atoms with E-state index in [4.69, 9.17) is 14.2 Å². The molecule has 0 radical (unpaired) electrons. The summed E-state index contributed by atoms with van der Waals surface area (Å²) in [6, 6.07) is 3.67. The third-order valence-corrected chi connectivity index (χ3v) is 5.37. The van der Waals surface area contributed by atoms with E-state index in [-0.39, 0.29) is 17.6 Å². The molecule has 1 aromatic heterocycles. The Bertz CT molecular complexity index is 573. The molecule has 3 aliphatic rings. The van der Waals surface area contributed by atoms with Gasteiger partial charge in [-0.25, -0.2) is 0 Å². The summed E-state index contributed by atoms with van der Waals surface area (Å²) < 4.78 is 17.7. The lowest BCUT2D eigenvalue weighted by Crippen LogP contribution is -2.48. The Morgan fingerprint density at radius 3 is 2.88 bits per heavy atom. The van der Waals surface area contributed by atoms with Gasteiger partial charge in [0.25, 0.3) is 5.91 Å². The minimum absolute atomic E-state index is 0.0232. The number of nitrogens with zero attached hydrogens (tertiary/aromatic N) is 2. The molecule has 1 amide bonds. The highest BCUT2D eigenvalue weighted by Gasteiger charge is 2.44. The normalized spacial score (nSPS) is 31.4. The van der Waals surface area contributed by atoms with Gasteiger partial charge in [0.1, 0.15) is 11.3 Å². The number of rotatable bonds is 3. The van der Waals surface area contributed by atoms with Gasteiger partial charge in [-0.1, -0.05) is 0 Å². The third-order valence-electron chi connectivity index (χ3n) is 5.37. The van der Waals surface area contributed by atoms with Crippen molar-refractivity contribution in [2.45, 2.75) is 24.5 Å². The first-order valence-corrected chi connectivity index (χ1v) is 9.22. The summed E-state index contributed by atoms with van der Waals surface area (Å²) in [5, 5.41) is 0. The van der Waals surface area contributed by atoms with Crippen LogP contribution in [0.15, 0.2) is 18.3 Å². The molecule has 0 unspecified atom stereocenters. The maximum absolute atomic E-state index is 12.7. The van der Waals surface area contributed by atoms with Crippen molar-refractivity contribution >= 4 is 5.91 Å². The van der Waals surface area contributed by atoms with Gasteiger partial charge in [-0.3, -0.25) is 9.69 Å². The Hall–Kier alpha value is -1.41. The van der Waals surface area contributed by atoms with Crippen molar-refractivity contribution in [3.05, 3.63) is 24.0 Å². The van der Waals surface area contributed by atoms with Gasteiger partial charge in [0.05, 0.1) is 39.1 Å². The van der Waals surface area contributed by atoms with E-state index in [1.54, 1.807) is 6.20 Å². The maximum atomic E-state index is 12.7. The number of morpholine rings is 1. The number of ether oxygens (including phenoxy) is 3. The first-order chi connectivity index (χ1) is 12.2.